The Balaban J connectivity index is 3.59. The molecular weight excluding hydrogens is 336 g/mol. The van der Waals surface area contributed by atoms with Crippen LogP contribution in [0.3, 0.4) is 0 Å². The molecule has 0 amide bonds. The molecule has 25 heavy (non-hydrogen) atoms. The molecule has 144 valence electrons. The number of carbonyl (C=O) groups is 2. The first kappa shape index (κ1) is 23.8. The summed E-state index contributed by atoms with van der Waals surface area (Å²) < 4.78 is 0. The number of thioether (sulfide) groups is 1. The Morgan fingerprint density at radius 1 is 0.840 bits per heavy atom. The van der Waals surface area contributed by atoms with Crippen molar-refractivity contribution < 1.29 is 19.8 Å². The fraction of sp³-hybridized carbons (Fsp3) is 0.700. The topological polar surface area (TPSA) is 74.6 Å². The second kappa shape index (κ2) is 17.6. The van der Waals surface area contributed by atoms with Crippen molar-refractivity contribution in [3.63, 3.8) is 0 Å². The Morgan fingerprint density at radius 3 is 1.84 bits per heavy atom. The third-order valence-corrected chi connectivity index (χ3v) is 4.93. The summed E-state index contributed by atoms with van der Waals surface area (Å²) in [5.41, 5.74) is 0. The number of unbranched alkanes of at least 4 members (excludes halogenated alkanes) is 11. The fourth-order valence-electron chi connectivity index (χ4n) is 2.50. The van der Waals surface area contributed by atoms with E-state index in [2.05, 4.69) is 6.92 Å². The SMILES string of the molecule is CCCCCCCCCCCCCC=CC=C(SCC(=O)O)C(=O)O. The third kappa shape index (κ3) is 17.4. The number of rotatable bonds is 17. The standard InChI is InChI=1S/C20H34O4S/c1-2-3-4-5-6-7-8-9-10-11-12-13-14-15-16-18(20(23)24)25-17-19(21)22/h14-16H,2-13,17H2,1H3,(H,21,22)(H,23,24). The molecule has 5 heteroatoms. The van der Waals surface area contributed by atoms with Gasteiger partial charge in [-0.25, -0.2) is 4.79 Å². The van der Waals surface area contributed by atoms with Crippen LogP contribution in [0, 0.1) is 0 Å². The number of carboxylic acids is 2. The lowest BCUT2D eigenvalue weighted by Crippen LogP contribution is -2.03. The molecule has 0 fully saturated rings. The van der Waals surface area contributed by atoms with E-state index in [1.807, 2.05) is 6.08 Å². The smallest absolute Gasteiger partial charge is 0.342 e. The lowest BCUT2D eigenvalue weighted by molar-refractivity contribution is -0.134. The van der Waals surface area contributed by atoms with Gasteiger partial charge < -0.3 is 10.2 Å². The number of carboxylic acid groups (broad SMARTS) is 2. The van der Waals surface area contributed by atoms with E-state index in [1.54, 1.807) is 6.08 Å². The first-order chi connectivity index (χ1) is 12.1. The second-order valence-electron chi connectivity index (χ2n) is 6.27. The molecule has 0 heterocycles. The maximum atomic E-state index is 11.0. The fourth-order valence-corrected chi connectivity index (χ4v) is 3.08. The van der Waals surface area contributed by atoms with Crippen molar-refractivity contribution in [2.75, 3.05) is 5.75 Å². The van der Waals surface area contributed by atoms with Gasteiger partial charge in [-0.3, -0.25) is 4.79 Å². The molecular formula is C20H34O4S. The second-order valence-corrected chi connectivity index (χ2v) is 7.29. The summed E-state index contributed by atoms with van der Waals surface area (Å²) in [6.07, 6.45) is 20.5. The number of hydrogen-bond acceptors (Lipinski definition) is 3. The van der Waals surface area contributed by atoms with Crippen molar-refractivity contribution in [3.05, 3.63) is 23.1 Å². The summed E-state index contributed by atoms with van der Waals surface area (Å²) in [6.45, 7) is 2.25. The molecule has 0 saturated carbocycles. The summed E-state index contributed by atoms with van der Waals surface area (Å²) in [5, 5.41) is 17.6. The summed E-state index contributed by atoms with van der Waals surface area (Å²) in [6, 6.07) is 0. The van der Waals surface area contributed by atoms with E-state index < -0.39 is 11.9 Å². The van der Waals surface area contributed by atoms with Crippen LogP contribution in [0.1, 0.15) is 84.0 Å². The van der Waals surface area contributed by atoms with Crippen molar-refractivity contribution in [2.45, 2.75) is 84.0 Å². The van der Waals surface area contributed by atoms with Gasteiger partial charge in [0.15, 0.2) is 0 Å². The lowest BCUT2D eigenvalue weighted by atomic mass is 10.1. The van der Waals surface area contributed by atoms with Gasteiger partial charge in [0.25, 0.3) is 0 Å². The van der Waals surface area contributed by atoms with Crippen LogP contribution in [-0.4, -0.2) is 27.9 Å². The van der Waals surface area contributed by atoms with E-state index in [0.29, 0.717) is 0 Å². The predicted molar refractivity (Wildman–Crippen MR) is 106 cm³/mol. The number of allylic oxidation sites excluding steroid dienone is 3. The average molecular weight is 371 g/mol. The first-order valence-corrected chi connectivity index (χ1v) is 10.5. The molecule has 0 bridgehead atoms. The minimum Gasteiger partial charge on any atom is -0.481 e. The predicted octanol–water partition coefficient (Wildman–Crippen LogP) is 6.03. The third-order valence-electron chi connectivity index (χ3n) is 3.92. The zero-order valence-corrected chi connectivity index (χ0v) is 16.4. The van der Waals surface area contributed by atoms with E-state index in [0.717, 1.165) is 24.6 Å². The van der Waals surface area contributed by atoms with Gasteiger partial charge in [0.1, 0.15) is 0 Å². The minimum absolute atomic E-state index is 0.0672. The van der Waals surface area contributed by atoms with Crippen LogP contribution < -0.4 is 0 Å². The van der Waals surface area contributed by atoms with Crippen molar-refractivity contribution in [1.29, 1.82) is 0 Å². The number of hydrogen-bond donors (Lipinski definition) is 2. The maximum Gasteiger partial charge on any atom is 0.342 e. The first-order valence-electron chi connectivity index (χ1n) is 9.52. The summed E-state index contributed by atoms with van der Waals surface area (Å²) in [7, 11) is 0. The Labute approximate surface area is 156 Å². The molecule has 0 spiro atoms. The zero-order valence-electron chi connectivity index (χ0n) is 15.5. The lowest BCUT2D eigenvalue weighted by Gasteiger charge is -2.01. The van der Waals surface area contributed by atoms with Gasteiger partial charge in [0.05, 0.1) is 10.7 Å². The molecule has 0 radical (unpaired) electrons. The Kier molecular flexibility index (Phi) is 16.7. The molecule has 0 aliphatic rings. The van der Waals surface area contributed by atoms with Crippen LogP contribution in [0.5, 0.6) is 0 Å². The van der Waals surface area contributed by atoms with Crippen LogP contribution in [0.4, 0.5) is 0 Å². The molecule has 0 aromatic carbocycles. The monoisotopic (exact) mass is 370 g/mol. The van der Waals surface area contributed by atoms with Gasteiger partial charge in [-0.2, -0.15) is 0 Å². The van der Waals surface area contributed by atoms with Gasteiger partial charge >= 0.3 is 11.9 Å². The van der Waals surface area contributed by atoms with Gasteiger partial charge in [-0.05, 0) is 18.9 Å². The molecule has 0 atom stereocenters. The molecule has 2 N–H and O–H groups in total. The quantitative estimate of drug-likeness (QED) is 0.186. The molecule has 0 saturated heterocycles. The van der Waals surface area contributed by atoms with Crippen LogP contribution in [-0.2, 0) is 9.59 Å². The van der Waals surface area contributed by atoms with Crippen LogP contribution in [0.2, 0.25) is 0 Å². The minimum atomic E-state index is -1.08. The molecule has 0 aromatic rings. The van der Waals surface area contributed by atoms with Gasteiger partial charge in [0.2, 0.25) is 0 Å². The van der Waals surface area contributed by atoms with Crippen LogP contribution in [0.15, 0.2) is 23.1 Å². The summed E-state index contributed by atoms with van der Waals surface area (Å²) in [4.78, 5) is 21.5. The normalized spacial score (nSPS) is 12.0. The maximum absolute atomic E-state index is 11.0. The molecule has 0 aliphatic heterocycles. The van der Waals surface area contributed by atoms with Gasteiger partial charge in [-0.1, -0.05) is 83.3 Å². The van der Waals surface area contributed by atoms with Crippen molar-refractivity contribution >= 4 is 23.7 Å². The van der Waals surface area contributed by atoms with E-state index in [-0.39, 0.29) is 10.7 Å². The highest BCUT2D eigenvalue weighted by molar-refractivity contribution is 8.04. The average Bonchev–Trinajstić information content (AvgIpc) is 2.57. The summed E-state index contributed by atoms with van der Waals surface area (Å²) >= 11 is 0.834. The molecule has 0 unspecified atom stereocenters. The molecule has 0 rings (SSSR count). The Bertz CT molecular complexity index is 416. The van der Waals surface area contributed by atoms with Gasteiger partial charge in [-0.15, -0.1) is 11.8 Å². The molecule has 0 aromatic heterocycles. The highest BCUT2D eigenvalue weighted by Crippen LogP contribution is 2.16. The highest BCUT2D eigenvalue weighted by atomic mass is 32.2. The largest absolute Gasteiger partial charge is 0.481 e. The Morgan fingerprint density at radius 2 is 1.36 bits per heavy atom. The number of aliphatic carboxylic acids is 2. The van der Waals surface area contributed by atoms with Crippen molar-refractivity contribution in [1.82, 2.24) is 0 Å². The van der Waals surface area contributed by atoms with Crippen molar-refractivity contribution in [2.24, 2.45) is 0 Å². The highest BCUT2D eigenvalue weighted by Gasteiger charge is 2.08. The van der Waals surface area contributed by atoms with E-state index in [9.17, 15) is 9.59 Å². The summed E-state index contributed by atoms with van der Waals surface area (Å²) in [5.74, 6) is -2.32. The van der Waals surface area contributed by atoms with E-state index >= 15 is 0 Å². The van der Waals surface area contributed by atoms with E-state index in [1.165, 1.54) is 70.3 Å². The van der Waals surface area contributed by atoms with Crippen LogP contribution >= 0.6 is 11.8 Å². The van der Waals surface area contributed by atoms with Crippen LogP contribution in [0.25, 0.3) is 0 Å². The van der Waals surface area contributed by atoms with Gasteiger partial charge in [0, 0.05) is 0 Å². The molecule has 0 aliphatic carbocycles. The zero-order chi connectivity index (χ0) is 18.8. The van der Waals surface area contributed by atoms with Crippen molar-refractivity contribution in [3.8, 4) is 0 Å². The Hall–Kier alpha value is -1.23. The molecule has 4 nitrogen and oxygen atoms in total. The van der Waals surface area contributed by atoms with E-state index in [4.69, 9.17) is 10.2 Å².